The molecular formula is C20H21N7O. The first-order valence-electron chi connectivity index (χ1n) is 9.36. The van der Waals surface area contributed by atoms with Crippen molar-refractivity contribution in [3.8, 4) is 0 Å². The molecule has 0 amide bonds. The predicted molar refractivity (Wildman–Crippen MR) is 105 cm³/mol. The summed E-state index contributed by atoms with van der Waals surface area (Å²) in [6.07, 6.45) is 6.20. The van der Waals surface area contributed by atoms with E-state index in [0.717, 1.165) is 24.3 Å². The monoisotopic (exact) mass is 375 g/mol. The second kappa shape index (κ2) is 6.72. The van der Waals surface area contributed by atoms with Crippen molar-refractivity contribution >= 4 is 17.0 Å². The van der Waals surface area contributed by atoms with E-state index in [9.17, 15) is 5.11 Å². The minimum atomic E-state index is 0.0616. The SMILES string of the molecule is Nc1ncnc2c1ncn2C[C@@H]1C[C@H](CO)c2nn(Cc3ccccc3)cc21. The third-order valence-corrected chi connectivity index (χ3v) is 5.47. The van der Waals surface area contributed by atoms with Gasteiger partial charge in [-0.05, 0) is 17.5 Å². The van der Waals surface area contributed by atoms with Crippen LogP contribution < -0.4 is 5.73 Å². The van der Waals surface area contributed by atoms with Crippen molar-refractivity contribution in [2.75, 3.05) is 12.3 Å². The van der Waals surface area contributed by atoms with Crippen molar-refractivity contribution in [2.45, 2.75) is 31.3 Å². The highest BCUT2D eigenvalue weighted by molar-refractivity contribution is 5.81. The lowest BCUT2D eigenvalue weighted by Gasteiger charge is -2.13. The number of fused-ring (bicyclic) bond motifs is 2. The van der Waals surface area contributed by atoms with Crippen LogP contribution in [-0.2, 0) is 13.1 Å². The lowest BCUT2D eigenvalue weighted by atomic mass is 10.0. The fourth-order valence-electron chi connectivity index (χ4n) is 4.12. The van der Waals surface area contributed by atoms with Gasteiger partial charge >= 0.3 is 0 Å². The Hall–Kier alpha value is -3.26. The van der Waals surface area contributed by atoms with Crippen LogP contribution in [0.5, 0.6) is 0 Å². The number of aromatic nitrogens is 6. The zero-order valence-corrected chi connectivity index (χ0v) is 15.3. The first-order valence-corrected chi connectivity index (χ1v) is 9.36. The third kappa shape index (κ3) is 2.82. The van der Waals surface area contributed by atoms with E-state index >= 15 is 0 Å². The van der Waals surface area contributed by atoms with Crippen molar-refractivity contribution in [3.05, 3.63) is 66.0 Å². The van der Waals surface area contributed by atoms with E-state index in [1.807, 2.05) is 27.4 Å². The van der Waals surface area contributed by atoms with Crippen LogP contribution in [0.4, 0.5) is 5.82 Å². The molecule has 1 aliphatic carbocycles. The summed E-state index contributed by atoms with van der Waals surface area (Å²) in [6.45, 7) is 1.54. The molecule has 3 aromatic heterocycles. The van der Waals surface area contributed by atoms with Crippen molar-refractivity contribution in [2.24, 2.45) is 0 Å². The summed E-state index contributed by atoms with van der Waals surface area (Å²) in [5, 5.41) is 14.6. The van der Waals surface area contributed by atoms with Gasteiger partial charge in [-0.2, -0.15) is 5.10 Å². The fraction of sp³-hybridized carbons (Fsp3) is 0.300. The Morgan fingerprint density at radius 3 is 2.79 bits per heavy atom. The molecule has 0 saturated heterocycles. The number of rotatable bonds is 5. The van der Waals surface area contributed by atoms with Gasteiger partial charge in [0.05, 0.1) is 25.2 Å². The number of aliphatic hydroxyl groups is 1. The number of hydrogen-bond donors (Lipinski definition) is 2. The van der Waals surface area contributed by atoms with Crippen LogP contribution in [0.2, 0.25) is 0 Å². The first-order chi connectivity index (χ1) is 13.7. The quantitative estimate of drug-likeness (QED) is 0.552. The Kier molecular flexibility index (Phi) is 4.05. The number of nitrogen functional groups attached to an aromatic ring is 1. The highest BCUT2D eigenvalue weighted by Crippen LogP contribution is 2.42. The molecule has 1 aliphatic rings. The van der Waals surface area contributed by atoms with Gasteiger partial charge in [-0.15, -0.1) is 0 Å². The van der Waals surface area contributed by atoms with E-state index in [1.165, 1.54) is 17.5 Å². The molecule has 3 N–H and O–H groups in total. The predicted octanol–water partition coefficient (Wildman–Crippen LogP) is 1.92. The number of nitrogens with zero attached hydrogens (tertiary/aromatic N) is 6. The molecule has 8 heteroatoms. The normalized spacial score (nSPS) is 18.6. The van der Waals surface area contributed by atoms with Crippen LogP contribution >= 0.6 is 0 Å². The maximum Gasteiger partial charge on any atom is 0.165 e. The molecule has 2 atom stereocenters. The van der Waals surface area contributed by atoms with Crippen molar-refractivity contribution in [3.63, 3.8) is 0 Å². The molecule has 4 aromatic rings. The standard InChI is InChI=1S/C20H21N7O/c21-19-18-20(23-11-22-19)26(12-24-18)8-14-6-15(10-28)17-16(14)9-27(25-17)7-13-4-2-1-3-5-13/h1-5,9,11-12,14-15,28H,6-8,10H2,(H2,21,22,23)/t14-,15+/m0/s1. The van der Waals surface area contributed by atoms with Crippen molar-refractivity contribution in [1.82, 2.24) is 29.3 Å². The number of aliphatic hydroxyl groups excluding tert-OH is 1. The minimum Gasteiger partial charge on any atom is -0.396 e. The number of imidazole rings is 1. The summed E-state index contributed by atoms with van der Waals surface area (Å²) in [7, 11) is 0. The summed E-state index contributed by atoms with van der Waals surface area (Å²) < 4.78 is 3.98. The molecule has 3 heterocycles. The van der Waals surface area contributed by atoms with Crippen LogP contribution in [0, 0.1) is 0 Å². The topological polar surface area (TPSA) is 108 Å². The van der Waals surface area contributed by atoms with Gasteiger partial charge in [0.1, 0.15) is 11.8 Å². The van der Waals surface area contributed by atoms with E-state index in [4.69, 9.17) is 10.8 Å². The number of nitrogens with two attached hydrogens (primary N) is 1. The van der Waals surface area contributed by atoms with Crippen LogP contribution in [0.15, 0.2) is 49.2 Å². The Labute approximate surface area is 161 Å². The maximum atomic E-state index is 9.86. The molecule has 0 unspecified atom stereocenters. The largest absolute Gasteiger partial charge is 0.396 e. The molecule has 0 spiro atoms. The van der Waals surface area contributed by atoms with Gasteiger partial charge < -0.3 is 15.4 Å². The minimum absolute atomic E-state index is 0.0616. The Bertz CT molecular complexity index is 1120. The van der Waals surface area contributed by atoms with Gasteiger partial charge in [0.25, 0.3) is 0 Å². The lowest BCUT2D eigenvalue weighted by molar-refractivity contribution is 0.256. The summed E-state index contributed by atoms with van der Waals surface area (Å²) in [5.74, 6) is 0.691. The first kappa shape index (κ1) is 16.9. The summed E-state index contributed by atoms with van der Waals surface area (Å²) in [4.78, 5) is 12.7. The molecule has 1 aromatic carbocycles. The van der Waals surface area contributed by atoms with Gasteiger partial charge in [0.2, 0.25) is 0 Å². The zero-order chi connectivity index (χ0) is 19.1. The highest BCUT2D eigenvalue weighted by Gasteiger charge is 2.34. The summed E-state index contributed by atoms with van der Waals surface area (Å²) in [6, 6.07) is 10.3. The molecule has 142 valence electrons. The van der Waals surface area contributed by atoms with Crippen molar-refractivity contribution < 1.29 is 5.11 Å². The van der Waals surface area contributed by atoms with Crippen LogP contribution in [0.25, 0.3) is 11.2 Å². The van der Waals surface area contributed by atoms with Gasteiger partial charge in [-0.1, -0.05) is 30.3 Å². The number of benzene rings is 1. The average Bonchev–Trinajstić information content (AvgIpc) is 3.38. The second-order valence-corrected chi connectivity index (χ2v) is 7.29. The molecule has 0 bridgehead atoms. The Morgan fingerprint density at radius 1 is 1.11 bits per heavy atom. The van der Waals surface area contributed by atoms with Gasteiger partial charge in [-0.25, -0.2) is 15.0 Å². The molecular weight excluding hydrogens is 354 g/mol. The summed E-state index contributed by atoms with van der Waals surface area (Å²) in [5.41, 5.74) is 10.7. The van der Waals surface area contributed by atoms with Crippen LogP contribution in [-0.4, -0.2) is 41.0 Å². The van der Waals surface area contributed by atoms with Gasteiger partial charge in [-0.3, -0.25) is 4.68 Å². The van der Waals surface area contributed by atoms with Crippen molar-refractivity contribution in [1.29, 1.82) is 0 Å². The van der Waals surface area contributed by atoms with E-state index in [-0.39, 0.29) is 18.4 Å². The zero-order valence-electron chi connectivity index (χ0n) is 15.3. The van der Waals surface area contributed by atoms with E-state index < -0.39 is 0 Å². The second-order valence-electron chi connectivity index (χ2n) is 7.29. The molecule has 0 aliphatic heterocycles. The fourth-order valence-corrected chi connectivity index (χ4v) is 4.12. The highest BCUT2D eigenvalue weighted by atomic mass is 16.3. The van der Waals surface area contributed by atoms with E-state index in [2.05, 4.69) is 33.3 Å². The number of anilines is 1. The number of hydrogen-bond acceptors (Lipinski definition) is 6. The molecule has 8 nitrogen and oxygen atoms in total. The van der Waals surface area contributed by atoms with Gasteiger partial charge in [0, 0.05) is 24.6 Å². The smallest absolute Gasteiger partial charge is 0.165 e. The van der Waals surface area contributed by atoms with E-state index in [0.29, 0.717) is 17.9 Å². The van der Waals surface area contributed by atoms with E-state index in [1.54, 1.807) is 6.33 Å². The molecule has 28 heavy (non-hydrogen) atoms. The third-order valence-electron chi connectivity index (χ3n) is 5.47. The van der Waals surface area contributed by atoms with Crippen LogP contribution in [0.1, 0.15) is 35.1 Å². The Morgan fingerprint density at radius 2 is 1.96 bits per heavy atom. The van der Waals surface area contributed by atoms with Gasteiger partial charge in [0.15, 0.2) is 11.5 Å². The Balaban J connectivity index is 1.45. The molecule has 0 saturated carbocycles. The molecule has 0 radical (unpaired) electrons. The molecule has 0 fully saturated rings. The van der Waals surface area contributed by atoms with Crippen LogP contribution in [0.3, 0.4) is 0 Å². The average molecular weight is 375 g/mol. The maximum absolute atomic E-state index is 9.86. The summed E-state index contributed by atoms with van der Waals surface area (Å²) >= 11 is 0. The molecule has 5 rings (SSSR count). The lowest BCUT2D eigenvalue weighted by Crippen LogP contribution is -2.10.